The maximum absolute atomic E-state index is 14.3. The van der Waals surface area contributed by atoms with Gasteiger partial charge in [0.05, 0.1) is 45.5 Å². The molecule has 1 aromatic heterocycles. The minimum Gasteiger partial charge on any atom is -0.491 e. The van der Waals surface area contributed by atoms with Crippen molar-refractivity contribution < 1.29 is 23.8 Å². The number of carboxylic acid groups (broad SMARTS) is 1. The molecule has 0 bridgehead atoms. The van der Waals surface area contributed by atoms with Crippen LogP contribution in [0.2, 0.25) is 5.02 Å². The number of halogens is 2. The molecule has 0 saturated carbocycles. The van der Waals surface area contributed by atoms with Gasteiger partial charge in [-0.15, -0.1) is 0 Å². The quantitative estimate of drug-likeness (QED) is 0.267. The number of aromatic nitrogens is 1. The van der Waals surface area contributed by atoms with Crippen molar-refractivity contribution in [1.82, 2.24) is 9.88 Å². The van der Waals surface area contributed by atoms with Crippen molar-refractivity contribution in [2.24, 2.45) is 0 Å². The lowest BCUT2D eigenvalue weighted by Gasteiger charge is -2.24. The number of nitrogens with one attached hydrogen (secondary N) is 1. The molecule has 2 atom stereocenters. The van der Waals surface area contributed by atoms with E-state index in [1.165, 1.54) is 33.9 Å². The van der Waals surface area contributed by atoms with E-state index in [0.717, 1.165) is 20.9 Å². The summed E-state index contributed by atoms with van der Waals surface area (Å²) >= 11 is 8.06. The molecule has 196 valence electrons. The summed E-state index contributed by atoms with van der Waals surface area (Å²) in [5.41, 5.74) is 3.63. The standard InChI is InChI=1S/C28H25ClFN3O4S/c1-16-2-8-24-25(10-16)38-28(32-24)31-23-9-3-17(11-22(23)29)12-26(34)33-14-19(30)13-20(33)15-37-21-6-4-18(5-7-21)27(35)36/h2-11,19-20H,12-15H2,1H3,(H,31,32)(H,35,36)/t19-,20-/m0/s1. The normalized spacial score (nSPS) is 17.1. The number of hydrogen-bond acceptors (Lipinski definition) is 6. The highest BCUT2D eigenvalue weighted by molar-refractivity contribution is 7.22. The molecule has 3 aromatic carbocycles. The molecule has 0 radical (unpaired) electrons. The van der Waals surface area contributed by atoms with Gasteiger partial charge in [-0.3, -0.25) is 4.79 Å². The molecule has 1 aliphatic heterocycles. The highest BCUT2D eigenvalue weighted by Crippen LogP contribution is 2.32. The molecule has 1 saturated heterocycles. The number of ether oxygens (including phenoxy) is 1. The highest BCUT2D eigenvalue weighted by Gasteiger charge is 2.35. The van der Waals surface area contributed by atoms with Gasteiger partial charge in [0.2, 0.25) is 5.91 Å². The van der Waals surface area contributed by atoms with Crippen molar-refractivity contribution in [3.05, 3.63) is 82.4 Å². The van der Waals surface area contributed by atoms with Crippen LogP contribution in [0.3, 0.4) is 0 Å². The summed E-state index contributed by atoms with van der Waals surface area (Å²) in [6.45, 7) is 2.16. The van der Waals surface area contributed by atoms with Gasteiger partial charge in [0.25, 0.3) is 0 Å². The topological polar surface area (TPSA) is 91.8 Å². The maximum Gasteiger partial charge on any atom is 0.335 e. The fraction of sp³-hybridized carbons (Fsp3) is 0.250. The molecule has 0 unspecified atom stereocenters. The molecule has 2 heterocycles. The highest BCUT2D eigenvalue weighted by atomic mass is 35.5. The van der Waals surface area contributed by atoms with E-state index < -0.39 is 18.2 Å². The number of carboxylic acids is 1. The minimum absolute atomic E-state index is 0.00919. The summed E-state index contributed by atoms with van der Waals surface area (Å²) in [4.78, 5) is 30.2. The number of aromatic carboxylic acids is 1. The Hall–Kier alpha value is -3.69. The average Bonchev–Trinajstić information content (AvgIpc) is 3.46. The first-order chi connectivity index (χ1) is 18.2. The smallest absolute Gasteiger partial charge is 0.335 e. The van der Waals surface area contributed by atoms with Crippen LogP contribution in [0.5, 0.6) is 5.75 Å². The summed E-state index contributed by atoms with van der Waals surface area (Å²) in [5.74, 6) is -0.777. The van der Waals surface area contributed by atoms with E-state index in [1.807, 2.05) is 31.2 Å². The zero-order chi connectivity index (χ0) is 26.8. The number of carbonyl (C=O) groups excluding carboxylic acids is 1. The maximum atomic E-state index is 14.3. The third kappa shape index (κ3) is 5.89. The molecular weight excluding hydrogens is 529 g/mol. The molecule has 1 fully saturated rings. The Morgan fingerprint density at radius 1 is 1.18 bits per heavy atom. The predicted molar refractivity (Wildman–Crippen MR) is 147 cm³/mol. The second kappa shape index (κ2) is 11.0. The van der Waals surface area contributed by atoms with Crippen LogP contribution >= 0.6 is 22.9 Å². The van der Waals surface area contributed by atoms with E-state index >= 15 is 0 Å². The van der Waals surface area contributed by atoms with Crippen LogP contribution in [0.4, 0.5) is 15.2 Å². The number of hydrogen-bond donors (Lipinski definition) is 2. The lowest BCUT2D eigenvalue weighted by molar-refractivity contribution is -0.132. The fourth-order valence-corrected chi connectivity index (χ4v) is 5.68. The van der Waals surface area contributed by atoms with Crippen LogP contribution in [0.15, 0.2) is 60.7 Å². The predicted octanol–water partition coefficient (Wildman–Crippen LogP) is 6.26. The van der Waals surface area contributed by atoms with Gasteiger partial charge in [-0.2, -0.15) is 0 Å². The first-order valence-corrected chi connectivity index (χ1v) is 13.3. The van der Waals surface area contributed by atoms with E-state index in [-0.39, 0.29) is 37.5 Å². The SMILES string of the molecule is Cc1ccc2nc(Nc3ccc(CC(=O)N4C[C@@H](F)C[C@H]4COc4ccc(C(=O)O)cc4)cc3Cl)sc2c1. The Labute approximate surface area is 227 Å². The summed E-state index contributed by atoms with van der Waals surface area (Å²) < 4.78 is 21.1. The van der Waals surface area contributed by atoms with E-state index in [0.29, 0.717) is 16.5 Å². The Morgan fingerprint density at radius 3 is 2.71 bits per heavy atom. The van der Waals surface area contributed by atoms with Crippen molar-refractivity contribution in [2.45, 2.75) is 32.0 Å². The van der Waals surface area contributed by atoms with E-state index in [9.17, 15) is 14.0 Å². The van der Waals surface area contributed by atoms with Crippen LogP contribution in [-0.2, 0) is 11.2 Å². The number of fused-ring (bicyclic) bond motifs is 1. The molecule has 1 aliphatic rings. The third-order valence-electron chi connectivity index (χ3n) is 6.40. The van der Waals surface area contributed by atoms with Gasteiger partial charge in [-0.05, 0) is 66.6 Å². The second-order valence-electron chi connectivity index (χ2n) is 9.28. The largest absolute Gasteiger partial charge is 0.491 e. The van der Waals surface area contributed by atoms with Crippen molar-refractivity contribution >= 4 is 55.8 Å². The number of nitrogens with zero attached hydrogens (tertiary/aromatic N) is 2. The minimum atomic E-state index is -1.13. The summed E-state index contributed by atoms with van der Waals surface area (Å²) in [5, 5.41) is 13.5. The molecule has 0 spiro atoms. The van der Waals surface area contributed by atoms with Gasteiger partial charge in [0.15, 0.2) is 5.13 Å². The van der Waals surface area contributed by atoms with Crippen molar-refractivity contribution in [3.8, 4) is 5.75 Å². The molecule has 1 amide bonds. The molecule has 7 nitrogen and oxygen atoms in total. The number of alkyl halides is 1. The number of aryl methyl sites for hydroxylation is 1. The zero-order valence-electron chi connectivity index (χ0n) is 20.5. The Morgan fingerprint density at radius 2 is 1.97 bits per heavy atom. The second-order valence-corrected chi connectivity index (χ2v) is 10.7. The van der Waals surface area contributed by atoms with Gasteiger partial charge in [-0.25, -0.2) is 14.2 Å². The van der Waals surface area contributed by atoms with Crippen LogP contribution < -0.4 is 10.1 Å². The summed E-state index contributed by atoms with van der Waals surface area (Å²) in [6.07, 6.45) is -0.865. The summed E-state index contributed by atoms with van der Waals surface area (Å²) in [7, 11) is 0. The van der Waals surface area contributed by atoms with E-state index in [2.05, 4.69) is 16.4 Å². The molecule has 5 rings (SSSR count). The van der Waals surface area contributed by atoms with Crippen molar-refractivity contribution in [2.75, 3.05) is 18.5 Å². The zero-order valence-corrected chi connectivity index (χ0v) is 22.1. The summed E-state index contributed by atoms with van der Waals surface area (Å²) in [6, 6.07) is 17.0. The number of carbonyl (C=O) groups is 2. The Kier molecular flexibility index (Phi) is 7.49. The van der Waals surface area contributed by atoms with Gasteiger partial charge in [0, 0.05) is 6.42 Å². The Balaban J connectivity index is 1.21. The van der Waals surface area contributed by atoms with E-state index in [4.69, 9.17) is 21.4 Å². The number of benzene rings is 3. The van der Waals surface area contributed by atoms with Gasteiger partial charge < -0.3 is 20.1 Å². The Bertz CT molecular complexity index is 1490. The molecule has 4 aromatic rings. The molecular formula is C28H25ClFN3O4S. The van der Waals surface area contributed by atoms with Gasteiger partial charge in [-0.1, -0.05) is 35.1 Å². The van der Waals surface area contributed by atoms with Gasteiger partial charge in [0.1, 0.15) is 18.5 Å². The number of thiazole rings is 1. The molecule has 0 aliphatic carbocycles. The van der Waals surface area contributed by atoms with Crippen LogP contribution in [0.1, 0.15) is 27.9 Å². The molecule has 38 heavy (non-hydrogen) atoms. The molecule has 2 N–H and O–H groups in total. The average molecular weight is 554 g/mol. The van der Waals surface area contributed by atoms with Crippen LogP contribution in [-0.4, -0.2) is 52.2 Å². The van der Waals surface area contributed by atoms with Crippen molar-refractivity contribution in [3.63, 3.8) is 0 Å². The monoisotopic (exact) mass is 553 g/mol. The number of rotatable bonds is 8. The van der Waals surface area contributed by atoms with E-state index in [1.54, 1.807) is 18.2 Å². The van der Waals surface area contributed by atoms with Crippen molar-refractivity contribution in [1.29, 1.82) is 0 Å². The fourth-order valence-electron chi connectivity index (χ4n) is 4.46. The van der Waals surface area contributed by atoms with Crippen LogP contribution in [0.25, 0.3) is 10.2 Å². The first kappa shape index (κ1) is 25.9. The lowest BCUT2D eigenvalue weighted by Crippen LogP contribution is -2.40. The van der Waals surface area contributed by atoms with Crippen LogP contribution in [0, 0.1) is 6.92 Å². The number of amides is 1. The lowest BCUT2D eigenvalue weighted by atomic mass is 10.1. The number of likely N-dealkylation sites (tertiary alicyclic amines) is 1. The van der Waals surface area contributed by atoms with Gasteiger partial charge >= 0.3 is 5.97 Å². The molecule has 10 heteroatoms. The first-order valence-electron chi connectivity index (χ1n) is 12.1. The third-order valence-corrected chi connectivity index (χ3v) is 7.65. The number of anilines is 2.